The highest BCUT2D eigenvalue weighted by atomic mass is 35.5. The summed E-state index contributed by atoms with van der Waals surface area (Å²) in [6, 6.07) is 12.9. The Bertz CT molecular complexity index is 896. The van der Waals surface area contributed by atoms with Crippen molar-refractivity contribution in [3.8, 4) is 11.4 Å². The normalized spacial score (nSPS) is 11.3. The van der Waals surface area contributed by atoms with Gasteiger partial charge in [0.1, 0.15) is 4.90 Å². The van der Waals surface area contributed by atoms with E-state index in [1.54, 1.807) is 36.4 Å². The largest absolute Gasteiger partial charge is 0.280 e. The van der Waals surface area contributed by atoms with Gasteiger partial charge < -0.3 is 0 Å². The summed E-state index contributed by atoms with van der Waals surface area (Å²) in [4.78, 5) is 0.0154. The number of aromatic nitrogens is 4. The average Bonchev–Trinajstić information content (AvgIpc) is 3.01. The van der Waals surface area contributed by atoms with E-state index in [1.165, 1.54) is 12.1 Å². The lowest BCUT2D eigenvalue weighted by molar-refractivity contribution is 0.601. The number of nitrogens with zero attached hydrogens (tertiary/aromatic N) is 3. The molecule has 0 fully saturated rings. The Labute approximate surface area is 131 Å². The van der Waals surface area contributed by atoms with Gasteiger partial charge in [-0.25, -0.2) is 8.42 Å². The molecule has 1 aromatic heterocycles. The van der Waals surface area contributed by atoms with Gasteiger partial charge in [-0.3, -0.25) is 4.72 Å². The quantitative estimate of drug-likeness (QED) is 0.762. The van der Waals surface area contributed by atoms with E-state index in [0.29, 0.717) is 17.1 Å². The fourth-order valence-electron chi connectivity index (χ4n) is 1.88. The molecular weight excluding hydrogens is 326 g/mol. The zero-order valence-corrected chi connectivity index (χ0v) is 12.6. The minimum atomic E-state index is -3.78. The third-order valence-electron chi connectivity index (χ3n) is 2.84. The van der Waals surface area contributed by atoms with Crippen LogP contribution in [-0.4, -0.2) is 29.0 Å². The summed E-state index contributed by atoms with van der Waals surface area (Å²) in [5.74, 6) is 0.374. The number of sulfonamides is 1. The second-order valence-electron chi connectivity index (χ2n) is 4.35. The summed E-state index contributed by atoms with van der Waals surface area (Å²) < 4.78 is 27.2. The number of H-pyrrole nitrogens is 1. The van der Waals surface area contributed by atoms with Crippen molar-refractivity contribution in [2.45, 2.75) is 4.90 Å². The van der Waals surface area contributed by atoms with E-state index < -0.39 is 10.0 Å². The number of hydrogen-bond donors (Lipinski definition) is 2. The zero-order valence-electron chi connectivity index (χ0n) is 11.1. The van der Waals surface area contributed by atoms with Gasteiger partial charge in [0.2, 0.25) is 5.82 Å². The van der Waals surface area contributed by atoms with Crippen molar-refractivity contribution in [3.63, 3.8) is 0 Å². The minimum absolute atomic E-state index is 0.0154. The number of rotatable bonds is 4. The number of hydrogen-bond acceptors (Lipinski definition) is 5. The first-order valence-electron chi connectivity index (χ1n) is 6.17. The lowest BCUT2D eigenvalue weighted by Crippen LogP contribution is -2.13. The molecule has 0 spiro atoms. The summed E-state index contributed by atoms with van der Waals surface area (Å²) >= 11 is 5.94. The maximum Gasteiger partial charge on any atom is 0.263 e. The van der Waals surface area contributed by atoms with Crippen LogP contribution < -0.4 is 4.72 Å². The summed E-state index contributed by atoms with van der Waals surface area (Å²) in [5.41, 5.74) is 1.01. The van der Waals surface area contributed by atoms with Crippen molar-refractivity contribution in [2.75, 3.05) is 4.72 Å². The van der Waals surface area contributed by atoms with Gasteiger partial charge in [-0.05, 0) is 29.5 Å². The van der Waals surface area contributed by atoms with E-state index in [4.69, 9.17) is 11.6 Å². The molecule has 0 aliphatic carbocycles. The van der Waals surface area contributed by atoms with Crippen LogP contribution in [-0.2, 0) is 10.0 Å². The van der Waals surface area contributed by atoms with Gasteiger partial charge >= 0.3 is 0 Å². The van der Waals surface area contributed by atoms with Crippen LogP contribution in [0.1, 0.15) is 0 Å². The Morgan fingerprint density at radius 3 is 2.64 bits per heavy atom. The maximum atomic E-state index is 12.4. The smallest absolute Gasteiger partial charge is 0.263 e. The van der Waals surface area contributed by atoms with Crippen molar-refractivity contribution in [1.29, 1.82) is 0 Å². The second kappa shape index (κ2) is 5.74. The Balaban J connectivity index is 1.93. The van der Waals surface area contributed by atoms with Gasteiger partial charge in [0.15, 0.2) is 0 Å². The van der Waals surface area contributed by atoms with E-state index >= 15 is 0 Å². The molecule has 0 atom stereocenters. The number of anilines is 1. The molecule has 7 nitrogen and oxygen atoms in total. The summed E-state index contributed by atoms with van der Waals surface area (Å²) in [6.45, 7) is 0. The predicted molar refractivity (Wildman–Crippen MR) is 81.9 cm³/mol. The Morgan fingerprint density at radius 2 is 1.91 bits per heavy atom. The third kappa shape index (κ3) is 2.92. The van der Waals surface area contributed by atoms with Crippen LogP contribution in [0.5, 0.6) is 0 Å². The van der Waals surface area contributed by atoms with Crippen LogP contribution in [0.2, 0.25) is 5.02 Å². The highest BCUT2D eigenvalue weighted by molar-refractivity contribution is 7.92. The minimum Gasteiger partial charge on any atom is -0.280 e. The molecule has 0 amide bonds. The Morgan fingerprint density at radius 1 is 1.09 bits per heavy atom. The first-order chi connectivity index (χ1) is 10.6. The van der Waals surface area contributed by atoms with Gasteiger partial charge in [-0.1, -0.05) is 35.9 Å². The molecule has 1 heterocycles. The van der Waals surface area contributed by atoms with Gasteiger partial charge in [-0.15, -0.1) is 10.2 Å². The van der Waals surface area contributed by atoms with E-state index in [-0.39, 0.29) is 9.92 Å². The number of nitrogens with one attached hydrogen (secondary N) is 2. The molecule has 22 heavy (non-hydrogen) atoms. The molecule has 2 N–H and O–H groups in total. The second-order valence-corrected chi connectivity index (χ2v) is 6.41. The van der Waals surface area contributed by atoms with Crippen LogP contribution >= 0.6 is 11.6 Å². The molecule has 9 heteroatoms. The van der Waals surface area contributed by atoms with Crippen molar-refractivity contribution in [3.05, 3.63) is 53.6 Å². The molecule has 0 radical (unpaired) electrons. The summed E-state index contributed by atoms with van der Waals surface area (Å²) in [5, 5.41) is 13.7. The highest BCUT2D eigenvalue weighted by Crippen LogP contribution is 2.25. The molecule has 0 unspecified atom stereocenters. The standard InChI is InChI=1S/C13H10ClN5O2S/c14-11-6-1-2-7-12(11)22(20,21)17-10-5-3-4-9(8-10)13-15-18-19-16-13/h1-8,17H,(H,15,16,18,19). The number of tetrazole rings is 1. The fraction of sp³-hybridized carbons (Fsp3) is 0. The fourth-order valence-corrected chi connectivity index (χ4v) is 3.45. The van der Waals surface area contributed by atoms with Gasteiger partial charge in [0.05, 0.1) is 5.02 Å². The van der Waals surface area contributed by atoms with E-state index in [9.17, 15) is 8.42 Å². The van der Waals surface area contributed by atoms with Gasteiger partial charge in [-0.2, -0.15) is 5.21 Å². The first-order valence-corrected chi connectivity index (χ1v) is 8.03. The third-order valence-corrected chi connectivity index (χ3v) is 4.73. The molecule has 0 saturated heterocycles. The van der Waals surface area contributed by atoms with Crippen molar-refractivity contribution in [1.82, 2.24) is 20.6 Å². The van der Waals surface area contributed by atoms with Crippen LogP contribution in [0, 0.1) is 0 Å². The molecule has 3 rings (SSSR count). The molecule has 2 aromatic carbocycles. The highest BCUT2D eigenvalue weighted by Gasteiger charge is 2.17. The topological polar surface area (TPSA) is 101 Å². The zero-order chi connectivity index (χ0) is 15.6. The summed E-state index contributed by atoms with van der Waals surface area (Å²) in [6.07, 6.45) is 0. The average molecular weight is 336 g/mol. The van der Waals surface area contributed by atoms with Crippen molar-refractivity contribution >= 4 is 27.3 Å². The van der Waals surface area contributed by atoms with E-state index in [1.807, 2.05) is 0 Å². The molecule has 0 aliphatic rings. The Hall–Kier alpha value is -2.45. The molecule has 0 saturated carbocycles. The monoisotopic (exact) mass is 335 g/mol. The van der Waals surface area contributed by atoms with Crippen LogP contribution in [0.3, 0.4) is 0 Å². The molecule has 0 aliphatic heterocycles. The van der Waals surface area contributed by atoms with Gasteiger partial charge in [0, 0.05) is 11.3 Å². The van der Waals surface area contributed by atoms with Gasteiger partial charge in [0.25, 0.3) is 10.0 Å². The van der Waals surface area contributed by atoms with Crippen LogP contribution in [0.15, 0.2) is 53.4 Å². The lowest BCUT2D eigenvalue weighted by Gasteiger charge is -2.09. The SMILES string of the molecule is O=S(=O)(Nc1cccc(-c2nn[nH]n2)c1)c1ccccc1Cl. The predicted octanol–water partition coefficient (Wildman–Crippen LogP) is 2.32. The maximum absolute atomic E-state index is 12.4. The molecule has 3 aromatic rings. The summed E-state index contributed by atoms with van der Waals surface area (Å²) in [7, 11) is -3.78. The van der Waals surface area contributed by atoms with E-state index in [2.05, 4.69) is 25.3 Å². The number of halogens is 1. The molecular formula is C13H10ClN5O2S. The number of aromatic amines is 1. The van der Waals surface area contributed by atoms with Crippen molar-refractivity contribution in [2.24, 2.45) is 0 Å². The van der Waals surface area contributed by atoms with E-state index in [0.717, 1.165) is 0 Å². The first kappa shape index (κ1) is 14.5. The van der Waals surface area contributed by atoms with Crippen molar-refractivity contribution < 1.29 is 8.42 Å². The Kier molecular flexibility index (Phi) is 3.78. The van der Waals surface area contributed by atoms with Crippen LogP contribution in [0.25, 0.3) is 11.4 Å². The molecule has 112 valence electrons. The lowest BCUT2D eigenvalue weighted by atomic mass is 10.2. The van der Waals surface area contributed by atoms with Crippen LogP contribution in [0.4, 0.5) is 5.69 Å². The molecule has 0 bridgehead atoms. The number of benzene rings is 2.